The molecule has 1 atom stereocenters. The number of hydrogen-bond acceptors (Lipinski definition) is 4. The van der Waals surface area contributed by atoms with Crippen LogP contribution in [-0.4, -0.2) is 22.7 Å². The molecule has 6 heteroatoms. The van der Waals surface area contributed by atoms with Crippen molar-refractivity contribution < 1.29 is 9.53 Å². The molecule has 3 aromatic rings. The number of aromatic nitrogens is 2. The summed E-state index contributed by atoms with van der Waals surface area (Å²) >= 11 is 1.67. The number of nitrogens with one attached hydrogen (secondary N) is 2. The summed E-state index contributed by atoms with van der Waals surface area (Å²) in [4.78, 5) is 13.5. The van der Waals surface area contributed by atoms with Crippen molar-refractivity contribution in [2.75, 3.05) is 11.9 Å². The van der Waals surface area contributed by atoms with Gasteiger partial charge in [-0.15, -0.1) is 11.3 Å². The van der Waals surface area contributed by atoms with Crippen LogP contribution in [0.5, 0.6) is 0 Å². The van der Waals surface area contributed by atoms with Crippen LogP contribution in [-0.2, 0) is 16.0 Å². The minimum Gasteiger partial charge on any atom is -0.372 e. The highest BCUT2D eigenvalue weighted by atomic mass is 32.1. The van der Waals surface area contributed by atoms with Crippen LogP contribution in [0.1, 0.15) is 23.0 Å². The van der Waals surface area contributed by atoms with Crippen LogP contribution >= 0.6 is 11.3 Å². The third kappa shape index (κ3) is 2.51. The summed E-state index contributed by atoms with van der Waals surface area (Å²) in [6.45, 7) is 0.682. The maximum atomic E-state index is 12.3. The van der Waals surface area contributed by atoms with Crippen LogP contribution in [0.2, 0.25) is 0 Å². The van der Waals surface area contributed by atoms with Gasteiger partial charge >= 0.3 is 0 Å². The zero-order valence-corrected chi connectivity index (χ0v) is 12.7. The molecule has 3 heterocycles. The van der Waals surface area contributed by atoms with E-state index in [1.807, 2.05) is 18.2 Å². The Kier molecular flexibility index (Phi) is 3.40. The number of hydrogen-bond donors (Lipinski definition) is 2. The summed E-state index contributed by atoms with van der Waals surface area (Å²) in [6, 6.07) is 7.83. The summed E-state index contributed by atoms with van der Waals surface area (Å²) in [7, 11) is 0. The van der Waals surface area contributed by atoms with E-state index in [4.69, 9.17) is 4.74 Å². The van der Waals surface area contributed by atoms with Gasteiger partial charge < -0.3 is 10.1 Å². The zero-order valence-electron chi connectivity index (χ0n) is 11.8. The molecule has 1 aliphatic rings. The van der Waals surface area contributed by atoms with E-state index in [0.29, 0.717) is 13.0 Å². The number of fused-ring (bicyclic) bond motifs is 2. The normalized spacial score (nSPS) is 17.4. The highest BCUT2D eigenvalue weighted by molar-refractivity contribution is 7.10. The van der Waals surface area contributed by atoms with Crippen LogP contribution in [0.25, 0.3) is 10.9 Å². The Morgan fingerprint density at radius 1 is 1.45 bits per heavy atom. The molecule has 5 nitrogen and oxygen atoms in total. The van der Waals surface area contributed by atoms with Crippen LogP contribution in [0.4, 0.5) is 5.69 Å². The molecule has 0 spiro atoms. The topological polar surface area (TPSA) is 67.0 Å². The molecular formula is C16H15N3O2S. The van der Waals surface area contributed by atoms with E-state index in [1.165, 1.54) is 10.4 Å². The van der Waals surface area contributed by atoms with Gasteiger partial charge in [-0.1, -0.05) is 0 Å². The fraction of sp³-hybridized carbons (Fsp3) is 0.250. The Morgan fingerprint density at radius 3 is 3.36 bits per heavy atom. The number of ether oxygens (including phenoxy) is 1. The lowest BCUT2D eigenvalue weighted by Crippen LogP contribution is -2.21. The first-order valence-electron chi connectivity index (χ1n) is 7.20. The lowest BCUT2D eigenvalue weighted by molar-refractivity contribution is -0.119. The minimum atomic E-state index is -0.125. The van der Waals surface area contributed by atoms with Crippen molar-refractivity contribution in [3.8, 4) is 0 Å². The monoisotopic (exact) mass is 313 g/mol. The number of thiophene rings is 1. The number of H-pyrrole nitrogens is 1. The van der Waals surface area contributed by atoms with Gasteiger partial charge in [-0.3, -0.25) is 9.89 Å². The van der Waals surface area contributed by atoms with Gasteiger partial charge in [0, 0.05) is 16.0 Å². The first-order valence-corrected chi connectivity index (χ1v) is 8.08. The molecule has 112 valence electrons. The number of amides is 1. The first-order chi connectivity index (χ1) is 10.8. The highest BCUT2D eigenvalue weighted by Crippen LogP contribution is 2.34. The molecule has 0 bridgehead atoms. The maximum Gasteiger partial charge on any atom is 0.227 e. The van der Waals surface area contributed by atoms with Gasteiger partial charge in [0.05, 0.1) is 24.7 Å². The second kappa shape index (κ2) is 5.55. The molecule has 1 unspecified atom stereocenters. The molecule has 0 aliphatic carbocycles. The molecule has 1 aromatic carbocycles. The first kappa shape index (κ1) is 13.5. The molecule has 2 aromatic heterocycles. The van der Waals surface area contributed by atoms with Gasteiger partial charge in [-0.2, -0.15) is 5.10 Å². The van der Waals surface area contributed by atoms with Crippen LogP contribution in [0.3, 0.4) is 0 Å². The Balaban J connectivity index is 1.47. The van der Waals surface area contributed by atoms with Gasteiger partial charge in [-0.25, -0.2) is 0 Å². The summed E-state index contributed by atoms with van der Waals surface area (Å²) in [6.07, 6.45) is 2.91. The van der Waals surface area contributed by atoms with Gasteiger partial charge in [0.1, 0.15) is 6.10 Å². The number of anilines is 1. The van der Waals surface area contributed by atoms with Crippen molar-refractivity contribution in [1.29, 1.82) is 0 Å². The van der Waals surface area contributed by atoms with E-state index in [2.05, 4.69) is 27.0 Å². The van der Waals surface area contributed by atoms with E-state index < -0.39 is 0 Å². The number of benzene rings is 1. The predicted molar refractivity (Wildman–Crippen MR) is 86.1 cm³/mol. The molecule has 1 aliphatic heterocycles. The average Bonchev–Trinajstić information content (AvgIpc) is 3.15. The molecule has 2 N–H and O–H groups in total. The van der Waals surface area contributed by atoms with E-state index >= 15 is 0 Å². The second-order valence-electron chi connectivity index (χ2n) is 5.34. The zero-order chi connectivity index (χ0) is 14.9. The average molecular weight is 313 g/mol. The van der Waals surface area contributed by atoms with Crippen molar-refractivity contribution in [1.82, 2.24) is 10.2 Å². The number of nitrogens with zero attached hydrogens (tertiary/aromatic N) is 1. The highest BCUT2D eigenvalue weighted by Gasteiger charge is 2.24. The lowest BCUT2D eigenvalue weighted by atomic mass is 10.1. The van der Waals surface area contributed by atoms with Crippen LogP contribution in [0.15, 0.2) is 35.8 Å². The van der Waals surface area contributed by atoms with Crippen molar-refractivity contribution in [3.63, 3.8) is 0 Å². The molecule has 4 rings (SSSR count). The Morgan fingerprint density at radius 2 is 2.41 bits per heavy atom. The van der Waals surface area contributed by atoms with Gasteiger partial charge in [-0.05, 0) is 41.6 Å². The van der Waals surface area contributed by atoms with Crippen molar-refractivity contribution >= 4 is 33.8 Å². The molecule has 0 saturated heterocycles. The standard InChI is InChI=1S/C16H15N3O2S/c20-15(8-14-16-10(3-5-21-14)4-6-22-16)18-12-2-1-11-9-17-19-13(11)7-12/h1-2,4,6-7,9,14H,3,5,8H2,(H,17,19)(H,18,20). The number of carbonyl (C=O) groups excluding carboxylic acids is 1. The van der Waals surface area contributed by atoms with Gasteiger partial charge in [0.15, 0.2) is 0 Å². The van der Waals surface area contributed by atoms with Gasteiger partial charge in [0.25, 0.3) is 0 Å². The predicted octanol–water partition coefficient (Wildman–Crippen LogP) is 3.27. The molecule has 22 heavy (non-hydrogen) atoms. The Labute approximate surface area is 131 Å². The summed E-state index contributed by atoms with van der Waals surface area (Å²) in [5.41, 5.74) is 2.99. The van der Waals surface area contributed by atoms with E-state index in [-0.39, 0.29) is 12.0 Å². The lowest BCUT2D eigenvalue weighted by Gasteiger charge is -2.22. The Bertz CT molecular complexity index is 824. The minimum absolute atomic E-state index is 0.0369. The Hall–Kier alpha value is -2.18. The van der Waals surface area contributed by atoms with Crippen LogP contribution in [0, 0.1) is 0 Å². The van der Waals surface area contributed by atoms with E-state index in [1.54, 1.807) is 17.5 Å². The molecule has 0 fully saturated rings. The molecule has 0 saturated carbocycles. The van der Waals surface area contributed by atoms with E-state index in [0.717, 1.165) is 23.0 Å². The molecular weight excluding hydrogens is 298 g/mol. The summed E-state index contributed by atoms with van der Waals surface area (Å²) in [5.74, 6) is -0.0369. The quantitative estimate of drug-likeness (QED) is 0.780. The molecule has 1 amide bonds. The number of carbonyl (C=O) groups is 1. The van der Waals surface area contributed by atoms with Crippen molar-refractivity contribution in [3.05, 3.63) is 46.3 Å². The fourth-order valence-corrected chi connectivity index (χ4v) is 3.77. The molecule has 0 radical (unpaired) electrons. The smallest absolute Gasteiger partial charge is 0.227 e. The SMILES string of the molecule is O=C(CC1OCCc2ccsc21)Nc1ccc2cn[nH]c2c1. The fourth-order valence-electron chi connectivity index (χ4n) is 2.77. The third-order valence-corrected chi connectivity index (χ3v) is 4.91. The van der Waals surface area contributed by atoms with Crippen LogP contribution < -0.4 is 5.32 Å². The van der Waals surface area contributed by atoms with Crippen molar-refractivity contribution in [2.24, 2.45) is 0 Å². The third-order valence-electron chi connectivity index (χ3n) is 3.86. The number of aromatic amines is 1. The van der Waals surface area contributed by atoms with Gasteiger partial charge in [0.2, 0.25) is 5.91 Å². The van der Waals surface area contributed by atoms with E-state index in [9.17, 15) is 4.79 Å². The summed E-state index contributed by atoms with van der Waals surface area (Å²) < 4.78 is 5.76. The maximum absolute atomic E-state index is 12.3. The number of rotatable bonds is 3. The van der Waals surface area contributed by atoms with Crippen molar-refractivity contribution in [2.45, 2.75) is 18.9 Å². The second-order valence-corrected chi connectivity index (χ2v) is 6.29. The summed E-state index contributed by atoms with van der Waals surface area (Å²) in [5, 5.41) is 12.9. The largest absolute Gasteiger partial charge is 0.372 e.